The molecule has 24 heavy (non-hydrogen) atoms. The topological polar surface area (TPSA) is 48.5 Å². The fourth-order valence-corrected chi connectivity index (χ4v) is 2.15. The van der Waals surface area contributed by atoms with E-state index in [0.717, 1.165) is 34.4 Å². The predicted molar refractivity (Wildman–Crippen MR) is 78.1 cm³/mol. The van der Waals surface area contributed by atoms with Gasteiger partial charge in [0.25, 0.3) is 0 Å². The van der Waals surface area contributed by atoms with Crippen LogP contribution >= 0.6 is 0 Å². The van der Waals surface area contributed by atoms with Gasteiger partial charge in [-0.2, -0.15) is 0 Å². The number of hydrogen-bond acceptors (Lipinski definition) is 3. The Balaban J connectivity index is 0. The maximum atomic E-state index is 4.69. The Kier molecular flexibility index (Phi) is 10.6. The van der Waals surface area contributed by atoms with Gasteiger partial charge in [0.15, 0.2) is 11.6 Å². The fraction of sp³-hybridized carbons (Fsp3) is 0.267. The molecule has 3 aromatic heterocycles. The van der Waals surface area contributed by atoms with E-state index in [1.165, 1.54) is 0 Å². The van der Waals surface area contributed by atoms with Gasteiger partial charge in [-0.1, -0.05) is 6.07 Å². The molecule has 0 saturated heterocycles. The molecule has 9 heteroatoms. The molecule has 0 bridgehead atoms. The van der Waals surface area contributed by atoms with E-state index in [9.17, 15) is 0 Å². The maximum Gasteiger partial charge on any atom is 3.00 e. The van der Waals surface area contributed by atoms with Gasteiger partial charge in [0.1, 0.15) is 11.4 Å². The van der Waals surface area contributed by atoms with E-state index in [0.29, 0.717) is 0 Å². The van der Waals surface area contributed by atoms with Gasteiger partial charge in [0, 0.05) is 37.9 Å². The van der Waals surface area contributed by atoms with Gasteiger partial charge in [-0.25, -0.2) is 15.0 Å². The minimum absolute atomic E-state index is 0. The third-order valence-corrected chi connectivity index (χ3v) is 3.65. The van der Waals surface area contributed by atoms with Crippen molar-refractivity contribution in [3.05, 3.63) is 42.0 Å². The smallest absolute Gasteiger partial charge is 1.00 e. The van der Waals surface area contributed by atoms with Gasteiger partial charge in [-0.05, 0) is 26.0 Å². The van der Waals surface area contributed by atoms with Crippen molar-refractivity contribution in [1.29, 1.82) is 0 Å². The van der Waals surface area contributed by atoms with E-state index in [1.807, 2.05) is 67.7 Å². The Hall–Kier alpha value is -1.05. The number of aryl methyl sites for hydroxylation is 2. The normalized spacial score (nSPS) is 9.17. The summed E-state index contributed by atoms with van der Waals surface area (Å²) in [6, 6.07) is 5.94. The Morgan fingerprint density at radius 3 is 1.42 bits per heavy atom. The van der Waals surface area contributed by atoms with E-state index in [4.69, 9.17) is 4.98 Å². The monoisotopic (exact) mass is 431 g/mol. The van der Waals surface area contributed by atoms with Crippen LogP contribution in [0.2, 0.25) is 0 Å². The van der Waals surface area contributed by atoms with E-state index in [2.05, 4.69) is 9.97 Å². The maximum absolute atomic E-state index is 4.69. The zero-order valence-corrected chi connectivity index (χ0v) is 16.9. The molecular weight excluding hydrogens is 415 g/mol. The van der Waals surface area contributed by atoms with E-state index < -0.39 is 0 Å². The summed E-state index contributed by atoms with van der Waals surface area (Å²) in [7, 11) is 3.99. The molecule has 0 aliphatic rings. The Morgan fingerprint density at radius 2 is 1.12 bits per heavy atom. The minimum Gasteiger partial charge on any atom is -1.00 e. The van der Waals surface area contributed by atoms with Gasteiger partial charge in [0.2, 0.25) is 0 Å². The zero-order valence-electron chi connectivity index (χ0n) is 13.6. The molecular formula is C15H17Cl3CoN5. The van der Waals surface area contributed by atoms with Crippen LogP contribution in [0.1, 0.15) is 11.4 Å². The van der Waals surface area contributed by atoms with Crippen molar-refractivity contribution < 1.29 is 54.0 Å². The Bertz CT molecular complexity index is 724. The van der Waals surface area contributed by atoms with Crippen molar-refractivity contribution in [3.8, 4) is 23.0 Å². The summed E-state index contributed by atoms with van der Waals surface area (Å²) in [6.07, 6.45) is 3.71. The molecule has 0 spiro atoms. The van der Waals surface area contributed by atoms with Crippen molar-refractivity contribution in [2.45, 2.75) is 13.8 Å². The quantitative estimate of drug-likeness (QED) is 0.405. The second kappa shape index (κ2) is 10.1. The van der Waals surface area contributed by atoms with Crippen molar-refractivity contribution >= 4 is 0 Å². The molecule has 0 aromatic carbocycles. The van der Waals surface area contributed by atoms with Crippen molar-refractivity contribution in [2.75, 3.05) is 0 Å². The van der Waals surface area contributed by atoms with Crippen molar-refractivity contribution in [3.63, 3.8) is 0 Å². The predicted octanol–water partition coefficient (Wildman–Crippen LogP) is -6.49. The Morgan fingerprint density at radius 1 is 0.750 bits per heavy atom. The van der Waals surface area contributed by atoms with Crippen LogP contribution in [0.4, 0.5) is 0 Å². The minimum atomic E-state index is 0. The largest absolute Gasteiger partial charge is 3.00 e. The van der Waals surface area contributed by atoms with Crippen LogP contribution in [0.5, 0.6) is 0 Å². The first kappa shape index (κ1) is 25.2. The first-order chi connectivity index (χ1) is 9.58. The molecule has 0 N–H and O–H groups in total. The molecule has 0 unspecified atom stereocenters. The van der Waals surface area contributed by atoms with Gasteiger partial charge in [0.05, 0.1) is 0 Å². The molecule has 0 aliphatic heterocycles. The van der Waals surface area contributed by atoms with E-state index in [1.54, 1.807) is 0 Å². The summed E-state index contributed by atoms with van der Waals surface area (Å²) >= 11 is 0. The Labute approximate surface area is 170 Å². The van der Waals surface area contributed by atoms with E-state index in [-0.39, 0.29) is 54.0 Å². The van der Waals surface area contributed by atoms with Gasteiger partial charge < -0.3 is 46.4 Å². The number of rotatable bonds is 2. The van der Waals surface area contributed by atoms with Crippen LogP contribution in [-0.4, -0.2) is 24.1 Å². The first-order valence-electron chi connectivity index (χ1n) is 6.52. The summed E-state index contributed by atoms with van der Waals surface area (Å²) in [5.41, 5.74) is 3.94. The summed E-state index contributed by atoms with van der Waals surface area (Å²) in [4.78, 5) is 13.5. The zero-order chi connectivity index (χ0) is 14.3. The summed E-state index contributed by atoms with van der Waals surface area (Å²) in [5.74, 6) is 1.74. The van der Waals surface area contributed by atoms with Crippen LogP contribution in [-0.2, 0) is 30.9 Å². The van der Waals surface area contributed by atoms with Gasteiger partial charge in [-0.3, -0.25) is 0 Å². The number of halogens is 3. The third kappa shape index (κ3) is 4.52. The van der Waals surface area contributed by atoms with Crippen LogP contribution < -0.4 is 37.2 Å². The summed E-state index contributed by atoms with van der Waals surface area (Å²) < 4.78 is 4.07. The molecule has 3 aromatic rings. The van der Waals surface area contributed by atoms with Crippen LogP contribution in [0.3, 0.4) is 0 Å². The molecule has 3 heterocycles. The molecule has 0 radical (unpaired) electrons. The summed E-state index contributed by atoms with van der Waals surface area (Å²) in [5, 5.41) is 0. The van der Waals surface area contributed by atoms with Crippen LogP contribution in [0.25, 0.3) is 23.0 Å². The van der Waals surface area contributed by atoms with E-state index >= 15 is 0 Å². The number of imidazole rings is 2. The number of pyridine rings is 1. The average molecular weight is 433 g/mol. The average Bonchev–Trinajstić information content (AvgIpc) is 2.95. The number of nitrogens with zero attached hydrogens (tertiary/aromatic N) is 5. The third-order valence-electron chi connectivity index (χ3n) is 3.65. The van der Waals surface area contributed by atoms with Crippen LogP contribution in [0, 0.1) is 13.8 Å². The van der Waals surface area contributed by atoms with Gasteiger partial charge >= 0.3 is 16.8 Å². The molecule has 132 valence electrons. The van der Waals surface area contributed by atoms with Crippen molar-refractivity contribution in [2.24, 2.45) is 14.1 Å². The summed E-state index contributed by atoms with van der Waals surface area (Å²) in [6.45, 7) is 4.06. The molecule has 0 fully saturated rings. The fourth-order valence-electron chi connectivity index (χ4n) is 2.15. The molecule has 0 saturated carbocycles. The second-order valence-electron chi connectivity index (χ2n) is 4.97. The first-order valence-corrected chi connectivity index (χ1v) is 6.52. The standard InChI is InChI=1S/C15H17N5.3ClH.Co/c1-10-8-16-14(19(10)3)12-6-5-7-13(18-12)15-17-9-11(2)20(15)4;;;;/h5-9H,1-4H3;3*1H;/q;;;;+3/p-3. The molecule has 3 rings (SSSR count). The molecule has 0 aliphatic carbocycles. The number of hydrogen-bond donors (Lipinski definition) is 0. The van der Waals surface area contributed by atoms with Crippen LogP contribution in [0.15, 0.2) is 30.6 Å². The van der Waals surface area contributed by atoms with Gasteiger partial charge in [-0.15, -0.1) is 0 Å². The molecule has 0 amide bonds. The van der Waals surface area contributed by atoms with Crippen molar-refractivity contribution in [1.82, 2.24) is 24.1 Å². The SMILES string of the molecule is Cc1cnc(-c2cccc(-c3ncc(C)n3C)n2)n1C.[Cl-].[Cl-].[Cl-].[Co+3]. The second-order valence-corrected chi connectivity index (χ2v) is 4.97. The molecule has 5 nitrogen and oxygen atoms in total. The number of aromatic nitrogens is 5. The molecule has 0 atom stereocenters.